The summed E-state index contributed by atoms with van der Waals surface area (Å²) in [5.74, 6) is 2.06. The quantitative estimate of drug-likeness (QED) is 0.434. The van der Waals surface area contributed by atoms with Crippen LogP contribution in [0.1, 0.15) is 17.3 Å². The van der Waals surface area contributed by atoms with E-state index in [9.17, 15) is 4.79 Å². The molecule has 2 aromatic carbocycles. The van der Waals surface area contributed by atoms with Crippen LogP contribution >= 0.6 is 0 Å². The van der Waals surface area contributed by atoms with Gasteiger partial charge in [-0.05, 0) is 43.3 Å². The number of fused-ring (bicyclic) bond motifs is 1. The first kappa shape index (κ1) is 21.6. The minimum absolute atomic E-state index is 0.0358. The molecule has 10 nitrogen and oxygen atoms in total. The largest absolute Gasteiger partial charge is 0.496 e. The molecule has 0 aliphatic carbocycles. The molecule has 0 atom stereocenters. The predicted octanol–water partition coefficient (Wildman–Crippen LogP) is 2.58. The molecule has 10 heteroatoms. The van der Waals surface area contributed by atoms with Gasteiger partial charge < -0.3 is 19.3 Å². The second-order valence-electron chi connectivity index (χ2n) is 7.78. The van der Waals surface area contributed by atoms with Crippen LogP contribution in [0, 0.1) is 0 Å². The van der Waals surface area contributed by atoms with Crippen molar-refractivity contribution in [1.29, 1.82) is 0 Å². The van der Waals surface area contributed by atoms with E-state index in [1.165, 1.54) is 6.33 Å². The number of hydrogen-bond acceptors (Lipinski definition) is 8. The van der Waals surface area contributed by atoms with Crippen LogP contribution in [0.3, 0.4) is 0 Å². The van der Waals surface area contributed by atoms with Crippen molar-refractivity contribution in [2.75, 3.05) is 44.8 Å². The number of aromatic nitrogens is 5. The van der Waals surface area contributed by atoms with Crippen molar-refractivity contribution in [2.24, 2.45) is 0 Å². The van der Waals surface area contributed by atoms with Crippen molar-refractivity contribution in [3.05, 3.63) is 60.4 Å². The van der Waals surface area contributed by atoms with E-state index in [-0.39, 0.29) is 5.91 Å². The molecule has 3 heterocycles. The molecule has 0 N–H and O–H groups in total. The summed E-state index contributed by atoms with van der Waals surface area (Å²) < 4.78 is 12.6. The van der Waals surface area contributed by atoms with Crippen LogP contribution in [-0.2, 0) is 0 Å². The minimum atomic E-state index is -0.0358. The van der Waals surface area contributed by atoms with Crippen LogP contribution in [0.4, 0.5) is 5.82 Å². The number of ether oxygens (including phenoxy) is 2. The van der Waals surface area contributed by atoms with E-state index in [1.54, 1.807) is 23.9 Å². The maximum atomic E-state index is 13.0. The van der Waals surface area contributed by atoms with Gasteiger partial charge in [-0.2, -0.15) is 4.68 Å². The fraction of sp³-hybridized carbons (Fsp3) is 0.292. The standard InChI is InChI=1S/C24H25N7O3/c1-3-34-18-10-8-17(9-11-18)31-23-21(27-28-31)22(25-16-26-23)29-12-14-30(15-13-29)24(32)19-6-4-5-7-20(19)33-2/h4-11,16H,3,12-15H2,1-2H3. The Balaban J connectivity index is 1.34. The van der Waals surface area contributed by atoms with Gasteiger partial charge in [0.15, 0.2) is 17.0 Å². The number of carbonyl (C=O) groups is 1. The van der Waals surface area contributed by atoms with Crippen LogP contribution in [-0.4, -0.2) is 75.7 Å². The molecule has 1 amide bonds. The van der Waals surface area contributed by atoms with Gasteiger partial charge in [0, 0.05) is 26.2 Å². The summed E-state index contributed by atoms with van der Waals surface area (Å²) in [6.07, 6.45) is 1.53. The molecule has 0 spiro atoms. The van der Waals surface area contributed by atoms with Crippen LogP contribution in [0.5, 0.6) is 11.5 Å². The van der Waals surface area contributed by atoms with Crippen LogP contribution in [0.2, 0.25) is 0 Å². The van der Waals surface area contributed by atoms with E-state index in [4.69, 9.17) is 9.47 Å². The molecule has 174 valence electrons. The maximum Gasteiger partial charge on any atom is 0.257 e. The highest BCUT2D eigenvalue weighted by atomic mass is 16.5. The molecule has 1 aliphatic rings. The van der Waals surface area contributed by atoms with E-state index < -0.39 is 0 Å². The fourth-order valence-corrected chi connectivity index (χ4v) is 4.11. The van der Waals surface area contributed by atoms with E-state index in [1.807, 2.05) is 48.2 Å². The van der Waals surface area contributed by atoms with Crippen LogP contribution < -0.4 is 14.4 Å². The van der Waals surface area contributed by atoms with Gasteiger partial charge in [0.05, 0.1) is 25.0 Å². The minimum Gasteiger partial charge on any atom is -0.496 e. The number of hydrogen-bond donors (Lipinski definition) is 0. The zero-order valence-electron chi connectivity index (χ0n) is 19.1. The second kappa shape index (κ2) is 9.34. The Hall–Kier alpha value is -4.21. The normalized spacial score (nSPS) is 13.8. The van der Waals surface area contributed by atoms with E-state index in [0.29, 0.717) is 61.1 Å². The molecule has 1 aliphatic heterocycles. The van der Waals surface area contributed by atoms with Gasteiger partial charge in [0.1, 0.15) is 17.8 Å². The van der Waals surface area contributed by atoms with Gasteiger partial charge in [-0.3, -0.25) is 4.79 Å². The summed E-state index contributed by atoms with van der Waals surface area (Å²) in [7, 11) is 1.57. The molecule has 5 rings (SSSR count). The maximum absolute atomic E-state index is 13.0. The Bertz CT molecular complexity index is 1300. The monoisotopic (exact) mass is 459 g/mol. The number of piperazine rings is 1. The summed E-state index contributed by atoms with van der Waals surface area (Å²) in [4.78, 5) is 25.9. The number of benzene rings is 2. The van der Waals surface area contributed by atoms with E-state index in [0.717, 1.165) is 11.4 Å². The van der Waals surface area contributed by atoms with Gasteiger partial charge in [-0.15, -0.1) is 5.10 Å². The van der Waals surface area contributed by atoms with Crippen molar-refractivity contribution in [2.45, 2.75) is 6.92 Å². The molecule has 0 bridgehead atoms. The van der Waals surface area contributed by atoms with E-state index in [2.05, 4.69) is 25.2 Å². The average Bonchev–Trinajstić information content (AvgIpc) is 3.33. The summed E-state index contributed by atoms with van der Waals surface area (Å²) in [5, 5.41) is 8.69. The molecule has 0 radical (unpaired) electrons. The van der Waals surface area contributed by atoms with Gasteiger partial charge >= 0.3 is 0 Å². The molecule has 1 saturated heterocycles. The topological polar surface area (TPSA) is 98.5 Å². The molecule has 0 unspecified atom stereocenters. The Labute approximate surface area is 196 Å². The highest BCUT2D eigenvalue weighted by Gasteiger charge is 2.26. The number of nitrogens with zero attached hydrogens (tertiary/aromatic N) is 7. The predicted molar refractivity (Wildman–Crippen MR) is 127 cm³/mol. The third-order valence-electron chi connectivity index (χ3n) is 5.81. The van der Waals surface area contributed by atoms with Crippen molar-refractivity contribution >= 4 is 22.9 Å². The Morgan fingerprint density at radius 3 is 2.50 bits per heavy atom. The number of rotatable bonds is 6. The molecule has 0 saturated carbocycles. The Kier molecular flexibility index (Phi) is 5.94. The third kappa shape index (κ3) is 3.98. The first-order valence-corrected chi connectivity index (χ1v) is 11.2. The number of carbonyl (C=O) groups excluding carboxylic acids is 1. The number of methoxy groups -OCH3 is 1. The first-order valence-electron chi connectivity index (χ1n) is 11.2. The Morgan fingerprint density at radius 1 is 1.00 bits per heavy atom. The lowest BCUT2D eigenvalue weighted by Gasteiger charge is -2.35. The number of para-hydroxylation sites is 1. The highest BCUT2D eigenvalue weighted by molar-refractivity contribution is 5.97. The third-order valence-corrected chi connectivity index (χ3v) is 5.81. The number of anilines is 1. The van der Waals surface area contributed by atoms with Crippen LogP contribution in [0.25, 0.3) is 16.9 Å². The van der Waals surface area contributed by atoms with Crippen molar-refractivity contribution in [1.82, 2.24) is 29.9 Å². The van der Waals surface area contributed by atoms with Gasteiger partial charge in [0.25, 0.3) is 5.91 Å². The first-order chi connectivity index (χ1) is 16.7. The van der Waals surface area contributed by atoms with Gasteiger partial charge in [-0.25, -0.2) is 9.97 Å². The fourth-order valence-electron chi connectivity index (χ4n) is 4.11. The zero-order chi connectivity index (χ0) is 23.5. The van der Waals surface area contributed by atoms with Gasteiger partial charge in [0.2, 0.25) is 0 Å². The SMILES string of the molecule is CCOc1ccc(-n2nnc3c(N4CCN(C(=O)c5ccccc5OC)CC4)ncnc32)cc1. The highest BCUT2D eigenvalue weighted by Crippen LogP contribution is 2.25. The molecular weight excluding hydrogens is 434 g/mol. The summed E-state index contributed by atoms with van der Waals surface area (Å²) in [6, 6.07) is 14.9. The van der Waals surface area contributed by atoms with E-state index >= 15 is 0 Å². The molecular formula is C24H25N7O3. The van der Waals surface area contributed by atoms with Crippen molar-refractivity contribution < 1.29 is 14.3 Å². The summed E-state index contributed by atoms with van der Waals surface area (Å²) in [6.45, 7) is 4.95. The summed E-state index contributed by atoms with van der Waals surface area (Å²) in [5.41, 5.74) is 2.66. The zero-order valence-corrected chi connectivity index (χ0v) is 19.1. The van der Waals surface area contributed by atoms with Gasteiger partial charge in [-0.1, -0.05) is 17.3 Å². The van der Waals surface area contributed by atoms with Crippen LogP contribution in [0.15, 0.2) is 54.9 Å². The lowest BCUT2D eigenvalue weighted by Crippen LogP contribution is -2.49. The smallest absolute Gasteiger partial charge is 0.257 e. The lowest BCUT2D eigenvalue weighted by molar-refractivity contribution is 0.0743. The van der Waals surface area contributed by atoms with Crippen molar-refractivity contribution in [3.63, 3.8) is 0 Å². The second-order valence-corrected chi connectivity index (χ2v) is 7.78. The van der Waals surface area contributed by atoms with Crippen molar-refractivity contribution in [3.8, 4) is 17.2 Å². The molecule has 2 aromatic heterocycles. The Morgan fingerprint density at radius 2 is 1.76 bits per heavy atom. The number of amides is 1. The molecule has 34 heavy (non-hydrogen) atoms. The summed E-state index contributed by atoms with van der Waals surface area (Å²) >= 11 is 0. The molecule has 4 aromatic rings. The average molecular weight is 460 g/mol. The lowest BCUT2D eigenvalue weighted by atomic mass is 10.1. The molecule has 1 fully saturated rings.